The van der Waals surface area contributed by atoms with E-state index in [1.165, 1.54) is 6.26 Å². The maximum Gasteiger partial charge on any atom is 0.262 e. The molecule has 7 heteroatoms. The minimum Gasteiger partial charge on any atom is -0.482 e. The van der Waals surface area contributed by atoms with E-state index in [0.29, 0.717) is 27.8 Å². The first-order valence-corrected chi connectivity index (χ1v) is 8.58. The first-order valence-electron chi connectivity index (χ1n) is 8.20. The number of rotatable bonds is 7. The van der Waals surface area contributed by atoms with Gasteiger partial charge in [-0.05, 0) is 36.4 Å². The lowest BCUT2D eigenvalue weighted by molar-refractivity contribution is -0.118. The number of ether oxygens (including phenoxy) is 1. The monoisotopic (exact) mass is 384 g/mol. The molecule has 27 heavy (non-hydrogen) atoms. The van der Waals surface area contributed by atoms with Gasteiger partial charge in [-0.15, -0.1) is 0 Å². The van der Waals surface area contributed by atoms with Crippen LogP contribution in [0.2, 0.25) is 5.02 Å². The molecule has 6 nitrogen and oxygen atoms in total. The molecule has 2 aromatic carbocycles. The van der Waals surface area contributed by atoms with Crippen molar-refractivity contribution in [2.45, 2.75) is 6.54 Å². The van der Waals surface area contributed by atoms with Crippen LogP contribution in [0.5, 0.6) is 5.75 Å². The molecule has 1 aromatic heterocycles. The summed E-state index contributed by atoms with van der Waals surface area (Å²) in [4.78, 5) is 24.6. The van der Waals surface area contributed by atoms with Crippen LogP contribution in [0.1, 0.15) is 16.1 Å². The van der Waals surface area contributed by atoms with E-state index in [9.17, 15) is 9.59 Å². The van der Waals surface area contributed by atoms with Gasteiger partial charge in [0, 0.05) is 0 Å². The molecule has 2 N–H and O–H groups in total. The van der Waals surface area contributed by atoms with Gasteiger partial charge < -0.3 is 19.8 Å². The van der Waals surface area contributed by atoms with Gasteiger partial charge in [-0.3, -0.25) is 9.59 Å². The number of benzene rings is 2. The van der Waals surface area contributed by atoms with Crippen LogP contribution in [-0.4, -0.2) is 18.4 Å². The van der Waals surface area contributed by atoms with E-state index in [-0.39, 0.29) is 19.1 Å². The Bertz CT molecular complexity index is 925. The Balaban J connectivity index is 1.60. The van der Waals surface area contributed by atoms with Crippen LogP contribution < -0.4 is 15.4 Å². The van der Waals surface area contributed by atoms with Crippen molar-refractivity contribution >= 4 is 29.1 Å². The number of halogens is 1. The van der Waals surface area contributed by atoms with Gasteiger partial charge in [0.15, 0.2) is 6.61 Å². The highest BCUT2D eigenvalue weighted by Crippen LogP contribution is 2.23. The summed E-state index contributed by atoms with van der Waals surface area (Å²) in [6, 6.07) is 17.1. The van der Waals surface area contributed by atoms with E-state index >= 15 is 0 Å². The van der Waals surface area contributed by atoms with Crippen LogP contribution in [0, 0.1) is 0 Å². The van der Waals surface area contributed by atoms with Crippen molar-refractivity contribution in [1.29, 1.82) is 0 Å². The van der Waals surface area contributed by atoms with E-state index in [4.69, 9.17) is 20.8 Å². The topological polar surface area (TPSA) is 80.6 Å². The second-order valence-corrected chi connectivity index (χ2v) is 5.98. The first kappa shape index (κ1) is 18.5. The van der Waals surface area contributed by atoms with E-state index in [2.05, 4.69) is 10.6 Å². The molecule has 2 amide bonds. The Morgan fingerprint density at radius 3 is 2.56 bits per heavy atom. The lowest BCUT2D eigenvalue weighted by atomic mass is 10.1. The van der Waals surface area contributed by atoms with Crippen molar-refractivity contribution in [2.24, 2.45) is 0 Å². The number of hydrogen-bond donors (Lipinski definition) is 2. The molecule has 0 saturated carbocycles. The molecular weight excluding hydrogens is 368 g/mol. The summed E-state index contributed by atoms with van der Waals surface area (Å²) in [6.07, 6.45) is 1.54. The van der Waals surface area contributed by atoms with E-state index in [0.717, 1.165) is 0 Å². The zero-order valence-electron chi connectivity index (χ0n) is 14.3. The number of carbonyl (C=O) groups is 2. The Morgan fingerprint density at radius 2 is 1.78 bits per heavy atom. The molecule has 1 heterocycles. The van der Waals surface area contributed by atoms with Gasteiger partial charge in [-0.1, -0.05) is 35.9 Å². The number of anilines is 1. The van der Waals surface area contributed by atoms with Crippen LogP contribution in [0.3, 0.4) is 0 Å². The number of amides is 2. The smallest absolute Gasteiger partial charge is 0.262 e. The predicted octanol–water partition coefficient (Wildman–Crippen LogP) is 3.88. The second kappa shape index (κ2) is 8.91. The van der Waals surface area contributed by atoms with Crippen molar-refractivity contribution in [1.82, 2.24) is 5.32 Å². The number of hydrogen-bond acceptors (Lipinski definition) is 4. The maximum absolute atomic E-state index is 12.4. The van der Waals surface area contributed by atoms with Gasteiger partial charge in [-0.25, -0.2) is 0 Å². The highest BCUT2D eigenvalue weighted by molar-refractivity contribution is 6.32. The van der Waals surface area contributed by atoms with Crippen LogP contribution in [0.4, 0.5) is 5.69 Å². The molecule has 3 rings (SSSR count). The summed E-state index contributed by atoms with van der Waals surface area (Å²) in [7, 11) is 0. The molecule has 0 aliphatic heterocycles. The molecule has 0 fully saturated rings. The molecule has 0 atom stereocenters. The minimum absolute atomic E-state index is 0.230. The Hall–Kier alpha value is -3.25. The molecule has 3 aromatic rings. The number of furan rings is 1. The van der Waals surface area contributed by atoms with Crippen molar-refractivity contribution in [3.8, 4) is 5.75 Å². The quantitative estimate of drug-likeness (QED) is 0.647. The zero-order chi connectivity index (χ0) is 19.1. The molecule has 0 aliphatic rings. The number of nitrogens with one attached hydrogen (secondary N) is 2. The summed E-state index contributed by atoms with van der Waals surface area (Å²) < 4.78 is 10.6. The highest BCUT2D eigenvalue weighted by Gasteiger charge is 2.14. The average molecular weight is 385 g/mol. The summed E-state index contributed by atoms with van der Waals surface area (Å²) in [6.45, 7) is 0.0236. The van der Waals surface area contributed by atoms with Crippen molar-refractivity contribution in [3.05, 3.63) is 83.3 Å². The van der Waals surface area contributed by atoms with Gasteiger partial charge in [0.1, 0.15) is 11.5 Å². The third-order valence-corrected chi connectivity index (χ3v) is 3.96. The Kier molecular flexibility index (Phi) is 6.12. The molecule has 0 aliphatic carbocycles. The van der Waals surface area contributed by atoms with Crippen LogP contribution in [0.25, 0.3) is 0 Å². The normalized spacial score (nSPS) is 10.3. The fraction of sp³-hybridized carbons (Fsp3) is 0.100. The fourth-order valence-electron chi connectivity index (χ4n) is 2.36. The van der Waals surface area contributed by atoms with Gasteiger partial charge in [0.25, 0.3) is 11.8 Å². The fourth-order valence-corrected chi connectivity index (χ4v) is 2.55. The lowest BCUT2D eigenvalue weighted by Gasteiger charge is -2.12. The molecule has 0 radical (unpaired) electrons. The molecule has 0 saturated heterocycles. The van der Waals surface area contributed by atoms with Gasteiger partial charge in [0.2, 0.25) is 0 Å². The Morgan fingerprint density at radius 1 is 1.00 bits per heavy atom. The highest BCUT2D eigenvalue weighted by atomic mass is 35.5. The van der Waals surface area contributed by atoms with Crippen molar-refractivity contribution < 1.29 is 18.7 Å². The van der Waals surface area contributed by atoms with Crippen molar-refractivity contribution in [2.75, 3.05) is 11.9 Å². The van der Waals surface area contributed by atoms with Gasteiger partial charge in [-0.2, -0.15) is 0 Å². The summed E-state index contributed by atoms with van der Waals surface area (Å²) in [5, 5.41) is 5.85. The third kappa shape index (κ3) is 5.12. The summed E-state index contributed by atoms with van der Waals surface area (Å²) in [5.41, 5.74) is 0.734. The summed E-state index contributed by atoms with van der Waals surface area (Å²) in [5.74, 6) is 0.326. The zero-order valence-corrected chi connectivity index (χ0v) is 15.0. The van der Waals surface area contributed by atoms with E-state index in [1.807, 2.05) is 0 Å². The number of para-hydroxylation sites is 2. The molecule has 0 spiro atoms. The van der Waals surface area contributed by atoms with Crippen LogP contribution in [-0.2, 0) is 11.3 Å². The summed E-state index contributed by atoms with van der Waals surface area (Å²) >= 11 is 5.99. The largest absolute Gasteiger partial charge is 0.482 e. The van der Waals surface area contributed by atoms with Crippen LogP contribution in [0.15, 0.2) is 71.3 Å². The molecule has 0 unspecified atom stereocenters. The van der Waals surface area contributed by atoms with Crippen molar-refractivity contribution in [3.63, 3.8) is 0 Å². The first-order chi connectivity index (χ1) is 13.1. The van der Waals surface area contributed by atoms with E-state index < -0.39 is 5.91 Å². The Labute approximate surface area is 161 Å². The number of carbonyl (C=O) groups excluding carboxylic acids is 2. The second-order valence-electron chi connectivity index (χ2n) is 5.57. The van der Waals surface area contributed by atoms with E-state index in [1.54, 1.807) is 60.7 Å². The van der Waals surface area contributed by atoms with Crippen LogP contribution >= 0.6 is 11.6 Å². The standard InChI is InChI=1S/C20H17ClN2O4/c21-16-8-2-4-10-18(16)27-13-19(24)23-17-9-3-1-7-15(17)20(25)22-12-14-6-5-11-26-14/h1-11H,12-13H2,(H,22,25)(H,23,24). The molecule has 0 bridgehead atoms. The minimum atomic E-state index is -0.402. The molecule has 138 valence electrons. The predicted molar refractivity (Wildman–Crippen MR) is 102 cm³/mol. The molecular formula is C20H17ClN2O4. The average Bonchev–Trinajstić information content (AvgIpc) is 3.19. The SMILES string of the molecule is O=C(COc1ccccc1Cl)Nc1ccccc1C(=O)NCc1ccco1. The van der Waals surface area contributed by atoms with Gasteiger partial charge >= 0.3 is 0 Å². The maximum atomic E-state index is 12.4. The lowest BCUT2D eigenvalue weighted by Crippen LogP contribution is -2.26. The van der Waals surface area contributed by atoms with Gasteiger partial charge in [0.05, 0.1) is 29.1 Å². The third-order valence-electron chi connectivity index (χ3n) is 3.64.